The molecule has 2 atom stereocenters. The summed E-state index contributed by atoms with van der Waals surface area (Å²) in [6.07, 6.45) is 0.617. The number of rotatable bonds is 7. The molecule has 1 saturated heterocycles. The van der Waals surface area contributed by atoms with Crippen LogP contribution in [0.25, 0.3) is 0 Å². The van der Waals surface area contributed by atoms with Gasteiger partial charge in [0, 0.05) is 36.7 Å². The van der Waals surface area contributed by atoms with Gasteiger partial charge in [0.2, 0.25) is 11.8 Å². The highest BCUT2D eigenvalue weighted by Crippen LogP contribution is 2.31. The first-order valence-electron chi connectivity index (χ1n) is 9.88. The number of nitrogens with one attached hydrogen (secondary N) is 3. The molecule has 2 aliphatic rings. The molecular weight excluding hydrogens is 434 g/mol. The van der Waals surface area contributed by atoms with E-state index in [2.05, 4.69) is 16.0 Å². The minimum atomic E-state index is -1.06. The lowest BCUT2D eigenvalue weighted by Crippen LogP contribution is -2.73. The standard InChI is InChI=1S/C20H25ClF2N4O4/c1-11(2)20(27-6-5-14(8-27)24-16(29)9-28)25-18(30)17(21)19(26-20)31-10-12-3-4-13(22)7-15(12)23/h3-4,7,11,14,26,28H,5-6,8-10H2,1-2H3,(H,24,29)(H,25,30)/t14-,20?/m0/s1. The van der Waals surface area contributed by atoms with E-state index in [-0.39, 0.29) is 35.0 Å². The Morgan fingerprint density at radius 2 is 2.16 bits per heavy atom. The van der Waals surface area contributed by atoms with E-state index in [4.69, 9.17) is 21.4 Å². The molecule has 0 bridgehead atoms. The van der Waals surface area contributed by atoms with Crippen molar-refractivity contribution in [3.05, 3.63) is 46.3 Å². The summed E-state index contributed by atoms with van der Waals surface area (Å²) in [4.78, 5) is 26.1. The zero-order valence-corrected chi connectivity index (χ0v) is 17.9. The van der Waals surface area contributed by atoms with Crippen molar-refractivity contribution in [2.24, 2.45) is 5.92 Å². The van der Waals surface area contributed by atoms with Crippen molar-refractivity contribution in [3.63, 3.8) is 0 Å². The van der Waals surface area contributed by atoms with Crippen LogP contribution in [0.1, 0.15) is 25.8 Å². The fraction of sp³-hybridized carbons (Fsp3) is 0.500. The number of carbonyl (C=O) groups excluding carboxylic acids is 2. The zero-order chi connectivity index (χ0) is 22.8. The van der Waals surface area contributed by atoms with Crippen molar-refractivity contribution in [3.8, 4) is 0 Å². The number of aliphatic hydroxyl groups excluding tert-OH is 1. The van der Waals surface area contributed by atoms with Crippen molar-refractivity contribution in [1.82, 2.24) is 20.9 Å². The summed E-state index contributed by atoms with van der Waals surface area (Å²) < 4.78 is 32.7. The van der Waals surface area contributed by atoms with E-state index in [1.165, 1.54) is 6.07 Å². The normalized spacial score (nSPS) is 24.2. The van der Waals surface area contributed by atoms with Crippen LogP contribution in [0.4, 0.5) is 8.78 Å². The molecule has 2 aliphatic heterocycles. The quantitative estimate of drug-likeness (QED) is 0.488. The highest BCUT2D eigenvalue weighted by molar-refractivity contribution is 6.42. The van der Waals surface area contributed by atoms with Crippen molar-refractivity contribution in [2.75, 3.05) is 19.7 Å². The first-order chi connectivity index (χ1) is 14.7. The Morgan fingerprint density at radius 3 is 2.81 bits per heavy atom. The summed E-state index contributed by atoms with van der Waals surface area (Å²) in [6, 6.07) is 2.92. The van der Waals surface area contributed by atoms with Gasteiger partial charge in [0.05, 0.1) is 0 Å². The Balaban J connectivity index is 1.78. The molecule has 3 rings (SSSR count). The summed E-state index contributed by atoms with van der Waals surface area (Å²) in [6.45, 7) is 3.87. The van der Waals surface area contributed by atoms with E-state index in [0.717, 1.165) is 12.1 Å². The van der Waals surface area contributed by atoms with Crippen molar-refractivity contribution in [2.45, 2.75) is 38.7 Å². The van der Waals surface area contributed by atoms with Gasteiger partial charge in [0.25, 0.3) is 5.91 Å². The monoisotopic (exact) mass is 458 g/mol. The number of benzene rings is 1. The van der Waals surface area contributed by atoms with Gasteiger partial charge in [-0.05, 0) is 18.6 Å². The lowest BCUT2D eigenvalue weighted by atomic mass is 10.0. The zero-order valence-electron chi connectivity index (χ0n) is 17.2. The minimum Gasteiger partial charge on any atom is -0.473 e. The van der Waals surface area contributed by atoms with Crippen LogP contribution in [0.15, 0.2) is 29.1 Å². The summed E-state index contributed by atoms with van der Waals surface area (Å²) in [5, 5.41) is 17.5. The Morgan fingerprint density at radius 1 is 1.42 bits per heavy atom. The molecule has 1 fully saturated rings. The molecule has 1 aromatic carbocycles. The second-order valence-corrected chi connectivity index (χ2v) is 8.20. The summed E-state index contributed by atoms with van der Waals surface area (Å²) in [7, 11) is 0. The van der Waals surface area contributed by atoms with Crippen molar-refractivity contribution >= 4 is 23.4 Å². The molecule has 2 heterocycles. The molecule has 11 heteroatoms. The maximum atomic E-state index is 14.0. The number of halogens is 3. The third kappa shape index (κ3) is 4.91. The van der Waals surface area contributed by atoms with Crippen LogP contribution >= 0.6 is 11.6 Å². The average Bonchev–Trinajstić information content (AvgIpc) is 3.18. The topological polar surface area (TPSA) is 103 Å². The number of hydrogen-bond acceptors (Lipinski definition) is 6. The van der Waals surface area contributed by atoms with Gasteiger partial charge >= 0.3 is 0 Å². The SMILES string of the molecule is CC(C)C1(N2CC[C@H](NC(=O)CO)C2)NC(=O)C(Cl)=C(OCc2ccc(F)cc2F)N1. The Bertz CT molecular complexity index is 898. The summed E-state index contributed by atoms with van der Waals surface area (Å²) in [5.74, 6) is -3.75. The van der Waals surface area contributed by atoms with Crippen LogP contribution in [0.3, 0.4) is 0 Å². The van der Waals surface area contributed by atoms with Gasteiger partial charge in [-0.25, -0.2) is 8.78 Å². The first kappa shape index (κ1) is 23.2. The molecule has 0 radical (unpaired) electrons. The van der Waals surface area contributed by atoms with E-state index in [1.54, 1.807) is 0 Å². The number of nitrogens with zero attached hydrogens (tertiary/aromatic N) is 1. The average molecular weight is 459 g/mol. The van der Waals surface area contributed by atoms with Gasteiger partial charge < -0.3 is 25.8 Å². The summed E-state index contributed by atoms with van der Waals surface area (Å²) >= 11 is 6.14. The van der Waals surface area contributed by atoms with Crippen LogP contribution < -0.4 is 16.0 Å². The predicted molar refractivity (Wildman–Crippen MR) is 108 cm³/mol. The Hall–Kier alpha value is -2.43. The molecular formula is C20H25ClF2N4O4. The third-order valence-electron chi connectivity index (χ3n) is 5.43. The number of amides is 2. The highest BCUT2D eigenvalue weighted by atomic mass is 35.5. The molecule has 0 aliphatic carbocycles. The largest absolute Gasteiger partial charge is 0.473 e. The molecule has 0 aromatic heterocycles. The third-order valence-corrected chi connectivity index (χ3v) is 5.77. The van der Waals surface area contributed by atoms with E-state index in [9.17, 15) is 18.4 Å². The van der Waals surface area contributed by atoms with E-state index in [1.807, 2.05) is 18.7 Å². The van der Waals surface area contributed by atoms with E-state index in [0.29, 0.717) is 19.5 Å². The van der Waals surface area contributed by atoms with Crippen LogP contribution in [0, 0.1) is 17.6 Å². The maximum absolute atomic E-state index is 14.0. The van der Waals surface area contributed by atoms with Crippen LogP contribution in [-0.4, -0.2) is 53.3 Å². The molecule has 0 spiro atoms. The number of aliphatic hydroxyl groups is 1. The van der Waals surface area contributed by atoms with Crippen molar-refractivity contribution < 1.29 is 28.2 Å². The van der Waals surface area contributed by atoms with Gasteiger partial charge in [-0.3, -0.25) is 14.5 Å². The van der Waals surface area contributed by atoms with Gasteiger partial charge in [0.1, 0.15) is 24.8 Å². The van der Waals surface area contributed by atoms with E-state index < -0.39 is 35.8 Å². The first-order valence-corrected chi connectivity index (χ1v) is 10.3. The molecule has 1 aromatic rings. The Labute approximate surface area is 183 Å². The molecule has 8 nitrogen and oxygen atoms in total. The highest BCUT2D eigenvalue weighted by Gasteiger charge is 2.48. The molecule has 4 N–H and O–H groups in total. The van der Waals surface area contributed by atoms with Gasteiger partial charge in [-0.15, -0.1) is 0 Å². The molecule has 2 amide bonds. The van der Waals surface area contributed by atoms with Gasteiger partial charge in [-0.1, -0.05) is 25.4 Å². The fourth-order valence-corrected chi connectivity index (χ4v) is 3.91. The van der Waals surface area contributed by atoms with Gasteiger partial charge in [-0.2, -0.15) is 0 Å². The number of carbonyl (C=O) groups is 2. The second-order valence-electron chi connectivity index (χ2n) is 7.82. The molecule has 0 saturated carbocycles. The maximum Gasteiger partial charge on any atom is 0.271 e. The second kappa shape index (κ2) is 9.37. The molecule has 1 unspecified atom stereocenters. The summed E-state index contributed by atoms with van der Waals surface area (Å²) in [5.41, 5.74) is 0.106. The molecule has 31 heavy (non-hydrogen) atoms. The Kier molecular flexibility index (Phi) is 7.03. The molecule has 170 valence electrons. The predicted octanol–water partition coefficient (Wildman–Crippen LogP) is 1.10. The lowest BCUT2D eigenvalue weighted by Gasteiger charge is -2.48. The lowest BCUT2D eigenvalue weighted by molar-refractivity contribution is -0.128. The van der Waals surface area contributed by atoms with Crippen LogP contribution in [0.2, 0.25) is 0 Å². The van der Waals surface area contributed by atoms with Gasteiger partial charge in [0.15, 0.2) is 10.8 Å². The van der Waals surface area contributed by atoms with Crippen molar-refractivity contribution in [1.29, 1.82) is 0 Å². The fourth-order valence-electron chi connectivity index (χ4n) is 3.76. The minimum absolute atomic E-state index is 0.0225. The number of hydrogen-bond donors (Lipinski definition) is 4. The number of ether oxygens (including phenoxy) is 1. The van der Waals surface area contributed by atoms with Crippen LogP contribution in [0.5, 0.6) is 0 Å². The number of likely N-dealkylation sites (tertiary alicyclic amines) is 1. The van der Waals surface area contributed by atoms with E-state index >= 15 is 0 Å². The smallest absolute Gasteiger partial charge is 0.271 e. The van der Waals surface area contributed by atoms with Crippen LogP contribution in [-0.2, 0) is 20.9 Å².